The molecule has 1 aromatic heterocycles. The number of rotatable bonds is 5. The maximum Gasteiger partial charge on any atom is 0.273 e. The van der Waals surface area contributed by atoms with Crippen molar-refractivity contribution in [1.82, 2.24) is 15.5 Å². The van der Waals surface area contributed by atoms with E-state index in [2.05, 4.69) is 22.4 Å². The lowest BCUT2D eigenvalue weighted by atomic mass is 9.83. The molecule has 0 spiro atoms. The Labute approximate surface area is 114 Å². The van der Waals surface area contributed by atoms with Crippen LogP contribution < -0.4 is 11.1 Å². The Morgan fingerprint density at radius 1 is 1.42 bits per heavy atom. The summed E-state index contributed by atoms with van der Waals surface area (Å²) in [7, 11) is 0. The largest absolute Gasteiger partial charge is 0.395 e. The summed E-state index contributed by atoms with van der Waals surface area (Å²) in [4.78, 5) is 12.1. The van der Waals surface area contributed by atoms with E-state index in [0.29, 0.717) is 11.4 Å². The molecular formula is C14H24N4O. The lowest BCUT2D eigenvalue weighted by molar-refractivity contribution is 0.0924. The Morgan fingerprint density at radius 3 is 2.63 bits per heavy atom. The number of aryl methyl sites for hydroxylation is 1. The van der Waals surface area contributed by atoms with Crippen molar-refractivity contribution in [3.05, 3.63) is 11.4 Å². The number of anilines is 1. The topological polar surface area (TPSA) is 83.8 Å². The molecule has 0 aliphatic heterocycles. The standard InChI is InChI=1S/C14H24N4O/c1-3-10-11(15)12(18-17-10)13(19)16-9-14(4-2)7-5-6-8-14/h3-9,15H2,1-2H3,(H,16,19)(H,17,18). The molecule has 1 aliphatic carbocycles. The van der Waals surface area contributed by atoms with Crippen LogP contribution in [0, 0.1) is 5.41 Å². The summed E-state index contributed by atoms with van der Waals surface area (Å²) in [5, 5.41) is 9.85. The van der Waals surface area contributed by atoms with Crippen molar-refractivity contribution in [2.75, 3.05) is 12.3 Å². The van der Waals surface area contributed by atoms with E-state index in [4.69, 9.17) is 5.73 Å². The molecule has 1 heterocycles. The van der Waals surface area contributed by atoms with Crippen LogP contribution in [0.3, 0.4) is 0 Å². The van der Waals surface area contributed by atoms with Crippen molar-refractivity contribution in [2.45, 2.75) is 52.4 Å². The van der Waals surface area contributed by atoms with Crippen molar-refractivity contribution in [2.24, 2.45) is 5.41 Å². The van der Waals surface area contributed by atoms with E-state index in [9.17, 15) is 4.79 Å². The van der Waals surface area contributed by atoms with E-state index in [1.54, 1.807) is 0 Å². The molecule has 4 N–H and O–H groups in total. The minimum absolute atomic E-state index is 0.159. The number of hydrogen-bond acceptors (Lipinski definition) is 3. The molecular weight excluding hydrogens is 240 g/mol. The second kappa shape index (κ2) is 5.63. The van der Waals surface area contributed by atoms with Crippen molar-refractivity contribution >= 4 is 11.6 Å². The van der Waals surface area contributed by atoms with Crippen LogP contribution in [0.5, 0.6) is 0 Å². The van der Waals surface area contributed by atoms with Gasteiger partial charge in [-0.05, 0) is 31.1 Å². The molecule has 1 aromatic rings. The zero-order valence-corrected chi connectivity index (χ0v) is 11.9. The predicted molar refractivity (Wildman–Crippen MR) is 75.9 cm³/mol. The first-order valence-electron chi connectivity index (χ1n) is 7.23. The molecule has 5 heteroatoms. The van der Waals surface area contributed by atoms with Gasteiger partial charge in [-0.1, -0.05) is 26.7 Å². The molecule has 0 saturated heterocycles. The zero-order chi connectivity index (χ0) is 13.9. The zero-order valence-electron chi connectivity index (χ0n) is 11.9. The fourth-order valence-electron chi connectivity index (χ4n) is 2.96. The maximum atomic E-state index is 12.1. The minimum atomic E-state index is -0.159. The highest BCUT2D eigenvalue weighted by molar-refractivity contribution is 5.97. The van der Waals surface area contributed by atoms with Crippen molar-refractivity contribution < 1.29 is 4.79 Å². The Hall–Kier alpha value is -1.52. The molecule has 5 nitrogen and oxygen atoms in total. The number of aromatic amines is 1. The number of hydrogen-bond donors (Lipinski definition) is 3. The molecule has 0 bridgehead atoms. The SMILES string of the molecule is CCc1[nH]nc(C(=O)NCC2(CC)CCCC2)c1N. The number of aromatic nitrogens is 2. The van der Waals surface area contributed by atoms with Crippen LogP contribution >= 0.6 is 0 Å². The summed E-state index contributed by atoms with van der Waals surface area (Å²) in [5.74, 6) is -0.159. The van der Waals surface area contributed by atoms with Crippen LogP contribution in [0.15, 0.2) is 0 Å². The monoisotopic (exact) mass is 264 g/mol. The Kier molecular flexibility index (Phi) is 4.12. The predicted octanol–water partition coefficient (Wildman–Crippen LogP) is 2.25. The number of carbonyl (C=O) groups is 1. The van der Waals surface area contributed by atoms with Gasteiger partial charge >= 0.3 is 0 Å². The minimum Gasteiger partial charge on any atom is -0.395 e. The van der Waals surface area contributed by atoms with E-state index in [1.807, 2.05) is 6.92 Å². The third-order valence-corrected chi connectivity index (χ3v) is 4.49. The summed E-state index contributed by atoms with van der Waals surface area (Å²) in [6.07, 6.45) is 6.83. The van der Waals surface area contributed by atoms with Gasteiger partial charge in [0, 0.05) is 6.54 Å². The normalized spacial score (nSPS) is 17.6. The highest BCUT2D eigenvalue weighted by Crippen LogP contribution is 2.40. The summed E-state index contributed by atoms with van der Waals surface area (Å²) in [5.41, 5.74) is 7.84. The number of carbonyl (C=O) groups excluding carboxylic acids is 1. The van der Waals surface area contributed by atoms with Crippen LogP contribution in [0.1, 0.15) is 62.1 Å². The fourth-order valence-corrected chi connectivity index (χ4v) is 2.96. The van der Waals surface area contributed by atoms with Gasteiger partial charge < -0.3 is 11.1 Å². The van der Waals surface area contributed by atoms with E-state index < -0.39 is 0 Å². The molecule has 0 radical (unpaired) electrons. The highest BCUT2D eigenvalue weighted by Gasteiger charge is 2.32. The number of nitrogens with zero attached hydrogens (tertiary/aromatic N) is 1. The Balaban J connectivity index is 1.99. The van der Waals surface area contributed by atoms with Crippen molar-refractivity contribution in [3.63, 3.8) is 0 Å². The van der Waals surface area contributed by atoms with Crippen LogP contribution in [-0.2, 0) is 6.42 Å². The van der Waals surface area contributed by atoms with Gasteiger partial charge in [-0.3, -0.25) is 9.89 Å². The third kappa shape index (κ3) is 2.74. The lowest BCUT2D eigenvalue weighted by Crippen LogP contribution is -2.36. The Morgan fingerprint density at radius 2 is 2.11 bits per heavy atom. The smallest absolute Gasteiger partial charge is 0.273 e. The van der Waals surface area contributed by atoms with E-state index in [1.165, 1.54) is 25.7 Å². The van der Waals surface area contributed by atoms with Crippen LogP contribution in [0.2, 0.25) is 0 Å². The van der Waals surface area contributed by atoms with Gasteiger partial charge in [-0.2, -0.15) is 5.10 Å². The van der Waals surface area contributed by atoms with Crippen LogP contribution in [0.25, 0.3) is 0 Å². The van der Waals surface area contributed by atoms with E-state index in [0.717, 1.165) is 25.1 Å². The molecule has 1 aliphatic rings. The van der Waals surface area contributed by atoms with Crippen molar-refractivity contribution in [1.29, 1.82) is 0 Å². The number of nitrogens with one attached hydrogen (secondary N) is 2. The molecule has 0 aromatic carbocycles. The maximum absolute atomic E-state index is 12.1. The fraction of sp³-hybridized carbons (Fsp3) is 0.714. The molecule has 0 unspecified atom stereocenters. The van der Waals surface area contributed by atoms with Gasteiger partial charge in [0.1, 0.15) is 0 Å². The molecule has 0 atom stereocenters. The number of amides is 1. The first-order valence-corrected chi connectivity index (χ1v) is 7.23. The van der Waals surface area contributed by atoms with Gasteiger partial charge in [0.15, 0.2) is 5.69 Å². The molecule has 106 valence electrons. The van der Waals surface area contributed by atoms with Gasteiger partial charge in [0.2, 0.25) is 0 Å². The third-order valence-electron chi connectivity index (χ3n) is 4.49. The molecule has 1 saturated carbocycles. The molecule has 2 rings (SSSR count). The van der Waals surface area contributed by atoms with E-state index >= 15 is 0 Å². The lowest BCUT2D eigenvalue weighted by Gasteiger charge is -2.27. The summed E-state index contributed by atoms with van der Waals surface area (Å²) in [6, 6.07) is 0. The number of H-pyrrole nitrogens is 1. The van der Waals surface area contributed by atoms with E-state index in [-0.39, 0.29) is 11.3 Å². The molecule has 19 heavy (non-hydrogen) atoms. The second-order valence-electron chi connectivity index (χ2n) is 5.56. The summed E-state index contributed by atoms with van der Waals surface area (Å²) in [6.45, 7) is 4.92. The van der Waals surface area contributed by atoms with Gasteiger partial charge in [0.25, 0.3) is 5.91 Å². The number of nitrogens with two attached hydrogens (primary N) is 1. The van der Waals surface area contributed by atoms with Crippen LogP contribution in [0.4, 0.5) is 5.69 Å². The highest BCUT2D eigenvalue weighted by atomic mass is 16.1. The van der Waals surface area contributed by atoms with Gasteiger partial charge in [0.05, 0.1) is 11.4 Å². The summed E-state index contributed by atoms with van der Waals surface area (Å²) >= 11 is 0. The first-order chi connectivity index (χ1) is 9.12. The number of nitrogen functional groups attached to an aromatic ring is 1. The van der Waals surface area contributed by atoms with Crippen LogP contribution in [-0.4, -0.2) is 22.6 Å². The Bertz CT molecular complexity index is 446. The quantitative estimate of drug-likeness (QED) is 0.762. The average molecular weight is 264 g/mol. The second-order valence-corrected chi connectivity index (χ2v) is 5.56. The van der Waals surface area contributed by atoms with Gasteiger partial charge in [-0.25, -0.2) is 0 Å². The summed E-state index contributed by atoms with van der Waals surface area (Å²) < 4.78 is 0. The molecule has 1 amide bonds. The first kappa shape index (κ1) is 13.9. The van der Waals surface area contributed by atoms with Gasteiger partial charge in [-0.15, -0.1) is 0 Å². The average Bonchev–Trinajstić information content (AvgIpc) is 3.03. The molecule has 1 fully saturated rings. The van der Waals surface area contributed by atoms with Crippen molar-refractivity contribution in [3.8, 4) is 0 Å².